The molecule has 2 aliphatic rings. The third-order valence-corrected chi connectivity index (χ3v) is 8.54. The van der Waals surface area contributed by atoms with Gasteiger partial charge in [-0.15, -0.1) is 11.8 Å². The summed E-state index contributed by atoms with van der Waals surface area (Å²) in [4.78, 5) is 51.7. The number of halogens is 1. The van der Waals surface area contributed by atoms with E-state index in [0.29, 0.717) is 18.6 Å². The molecule has 168 valence electrons. The number of carbonyl (C=O) groups is 4. The largest absolute Gasteiger partial charge is 0.481 e. The second-order valence-electron chi connectivity index (χ2n) is 7.55. The number of carboxylic acid groups (broad SMARTS) is 1. The zero-order valence-electron chi connectivity index (χ0n) is 17.0. The molecule has 1 aromatic carbocycles. The van der Waals surface area contributed by atoms with Crippen LogP contribution < -0.4 is 10.2 Å². The van der Waals surface area contributed by atoms with Gasteiger partial charge in [-0.2, -0.15) is 0 Å². The number of anilines is 1. The number of amides is 3. The van der Waals surface area contributed by atoms with Crippen molar-refractivity contribution in [3.8, 4) is 0 Å². The summed E-state index contributed by atoms with van der Waals surface area (Å²) in [5, 5.41) is 12.1. The van der Waals surface area contributed by atoms with Crippen molar-refractivity contribution in [1.29, 1.82) is 0 Å². The Morgan fingerprint density at radius 2 is 2.26 bits per heavy atom. The van der Waals surface area contributed by atoms with Gasteiger partial charge in [-0.1, -0.05) is 47.1 Å². The van der Waals surface area contributed by atoms with Gasteiger partial charge >= 0.3 is 5.97 Å². The topological polar surface area (TPSA) is 107 Å². The van der Waals surface area contributed by atoms with E-state index < -0.39 is 17.4 Å². The van der Waals surface area contributed by atoms with Crippen LogP contribution in [0.1, 0.15) is 19.8 Å². The zero-order chi connectivity index (χ0) is 22.6. The van der Waals surface area contributed by atoms with Gasteiger partial charge in [0.05, 0.1) is 0 Å². The van der Waals surface area contributed by atoms with Gasteiger partial charge in [0.1, 0.15) is 16.8 Å². The summed E-state index contributed by atoms with van der Waals surface area (Å²) in [5.41, 5.74) is -0.617. The second kappa shape index (κ2) is 10.3. The summed E-state index contributed by atoms with van der Waals surface area (Å²) in [7, 11) is 0. The summed E-state index contributed by atoms with van der Waals surface area (Å²) in [5.74, 6) is -0.972. The summed E-state index contributed by atoms with van der Waals surface area (Å²) in [6, 6.07) is 6.44. The third kappa shape index (κ3) is 5.04. The molecule has 0 bridgehead atoms. The number of carbonyl (C=O) groups excluding carboxylic acids is 3. The lowest BCUT2D eigenvalue weighted by atomic mass is 9.89. The van der Waals surface area contributed by atoms with Gasteiger partial charge in [0.25, 0.3) is 5.24 Å². The molecule has 1 aromatic rings. The van der Waals surface area contributed by atoms with Crippen LogP contribution in [0.3, 0.4) is 0 Å². The standard InChI is InChI=1S/C20H24BrN3O5S2/c1-2-3-7-22-19(29)31-11-20(18(27)28)9-23-16(26)15(17(23)30-10-20)24(12-25)14-6-4-5-13(21)8-14/h4-6,8,12,15,17H,2-3,7,9-11H2,1H3,(H,22,29)(H,27,28)/t15?,17-,20?/m1/s1. The van der Waals surface area contributed by atoms with Crippen LogP contribution in [0.5, 0.6) is 0 Å². The van der Waals surface area contributed by atoms with Crippen LogP contribution in [0, 0.1) is 5.41 Å². The first-order valence-corrected chi connectivity index (χ1v) is 12.7. The molecule has 11 heteroatoms. The van der Waals surface area contributed by atoms with E-state index >= 15 is 0 Å². The molecule has 2 fully saturated rings. The molecule has 0 saturated carbocycles. The van der Waals surface area contributed by atoms with Crippen LogP contribution in [0.2, 0.25) is 0 Å². The lowest BCUT2D eigenvalue weighted by Crippen LogP contribution is -2.74. The van der Waals surface area contributed by atoms with Crippen LogP contribution >= 0.6 is 39.5 Å². The van der Waals surface area contributed by atoms with Gasteiger partial charge in [-0.25, -0.2) is 0 Å². The van der Waals surface area contributed by atoms with Crippen molar-refractivity contribution in [2.24, 2.45) is 5.41 Å². The first kappa shape index (κ1) is 23.9. The molecular weight excluding hydrogens is 506 g/mol. The van der Waals surface area contributed by atoms with E-state index in [2.05, 4.69) is 21.2 Å². The van der Waals surface area contributed by atoms with Gasteiger partial charge < -0.3 is 15.3 Å². The highest BCUT2D eigenvalue weighted by atomic mass is 79.9. The number of β-lactam (4-membered cyclic amide) rings is 1. The van der Waals surface area contributed by atoms with Crippen LogP contribution in [-0.2, 0) is 14.4 Å². The Labute approximate surface area is 197 Å². The van der Waals surface area contributed by atoms with Crippen molar-refractivity contribution >= 4 is 68.7 Å². The second-order valence-corrected chi connectivity index (χ2v) is 10.5. The van der Waals surface area contributed by atoms with E-state index in [0.717, 1.165) is 29.1 Å². The molecule has 2 unspecified atom stereocenters. The summed E-state index contributed by atoms with van der Waals surface area (Å²) in [6.45, 7) is 2.60. The van der Waals surface area contributed by atoms with E-state index in [1.165, 1.54) is 21.6 Å². The van der Waals surface area contributed by atoms with Crippen LogP contribution in [0.15, 0.2) is 28.7 Å². The van der Waals surface area contributed by atoms with Crippen molar-refractivity contribution in [2.45, 2.75) is 31.2 Å². The number of benzene rings is 1. The number of aliphatic carboxylic acids is 1. The summed E-state index contributed by atoms with van der Waals surface area (Å²) in [6.07, 6.45) is 2.46. The maximum absolute atomic E-state index is 12.9. The average molecular weight is 530 g/mol. The highest BCUT2D eigenvalue weighted by Gasteiger charge is 2.59. The minimum absolute atomic E-state index is 0.0236. The molecule has 2 heterocycles. The first-order chi connectivity index (χ1) is 14.8. The summed E-state index contributed by atoms with van der Waals surface area (Å²) >= 11 is 5.66. The van der Waals surface area contributed by atoms with E-state index in [9.17, 15) is 24.3 Å². The van der Waals surface area contributed by atoms with Gasteiger partial charge in [-0.05, 0) is 24.6 Å². The van der Waals surface area contributed by atoms with E-state index in [1.54, 1.807) is 18.2 Å². The molecule has 0 radical (unpaired) electrons. The molecule has 0 aliphatic carbocycles. The number of hydrogen-bond acceptors (Lipinski definition) is 6. The molecule has 3 amide bonds. The Bertz CT molecular complexity index is 873. The number of thioether (sulfide) groups is 2. The smallest absolute Gasteiger partial charge is 0.313 e. The van der Waals surface area contributed by atoms with E-state index in [-0.39, 0.29) is 34.6 Å². The fraction of sp³-hybridized carbons (Fsp3) is 0.500. The number of unbranched alkanes of at least 4 members (excludes halogenated alkanes) is 1. The highest BCUT2D eigenvalue weighted by molar-refractivity contribution is 9.10. The predicted molar refractivity (Wildman–Crippen MR) is 125 cm³/mol. The van der Waals surface area contributed by atoms with Crippen molar-refractivity contribution in [3.63, 3.8) is 0 Å². The normalized spacial score (nSPS) is 24.7. The molecule has 3 rings (SSSR count). The first-order valence-electron chi connectivity index (χ1n) is 9.88. The molecular formula is C20H24BrN3O5S2. The molecule has 8 nitrogen and oxygen atoms in total. The average Bonchev–Trinajstić information content (AvgIpc) is 2.75. The molecule has 2 N–H and O–H groups in total. The van der Waals surface area contributed by atoms with Crippen molar-refractivity contribution < 1.29 is 24.3 Å². The maximum Gasteiger partial charge on any atom is 0.313 e. The Balaban J connectivity index is 1.67. The van der Waals surface area contributed by atoms with Crippen LogP contribution in [0.25, 0.3) is 0 Å². The Hall–Kier alpha value is -1.72. The van der Waals surface area contributed by atoms with Crippen molar-refractivity contribution in [2.75, 3.05) is 29.5 Å². The highest BCUT2D eigenvalue weighted by Crippen LogP contribution is 2.45. The summed E-state index contributed by atoms with van der Waals surface area (Å²) < 4.78 is 0.788. The van der Waals surface area contributed by atoms with Crippen LogP contribution in [0.4, 0.5) is 10.5 Å². The van der Waals surface area contributed by atoms with E-state index in [1.807, 2.05) is 13.0 Å². The lowest BCUT2D eigenvalue weighted by Gasteiger charge is -2.55. The minimum atomic E-state index is -1.21. The fourth-order valence-electron chi connectivity index (χ4n) is 3.55. The predicted octanol–water partition coefficient (Wildman–Crippen LogP) is 3.01. The number of fused-ring (bicyclic) bond motifs is 1. The molecule has 31 heavy (non-hydrogen) atoms. The Morgan fingerprint density at radius 1 is 1.48 bits per heavy atom. The number of rotatable bonds is 9. The fourth-order valence-corrected chi connectivity index (χ4v) is 6.59. The van der Waals surface area contributed by atoms with Gasteiger partial charge in [0.2, 0.25) is 12.3 Å². The number of hydrogen-bond donors (Lipinski definition) is 2. The SMILES string of the molecule is CCCCNC(=O)SCC1(C(=O)O)CS[C@@H]2C(N(C=O)c3cccc(Br)c3)C(=O)N2C1. The number of carboxylic acids is 1. The van der Waals surface area contributed by atoms with Crippen LogP contribution in [-0.4, -0.2) is 69.5 Å². The molecule has 3 atom stereocenters. The van der Waals surface area contributed by atoms with Crippen molar-refractivity contribution in [3.05, 3.63) is 28.7 Å². The lowest BCUT2D eigenvalue weighted by molar-refractivity contribution is -0.155. The third-order valence-electron chi connectivity index (χ3n) is 5.37. The number of nitrogens with zero attached hydrogens (tertiary/aromatic N) is 2. The molecule has 0 spiro atoms. The molecule has 0 aromatic heterocycles. The van der Waals surface area contributed by atoms with Crippen molar-refractivity contribution in [1.82, 2.24) is 10.2 Å². The minimum Gasteiger partial charge on any atom is -0.481 e. The monoisotopic (exact) mass is 529 g/mol. The Kier molecular flexibility index (Phi) is 7.92. The van der Waals surface area contributed by atoms with Gasteiger partial charge in [0, 0.05) is 34.8 Å². The number of nitrogens with one attached hydrogen (secondary N) is 1. The van der Waals surface area contributed by atoms with Gasteiger partial charge in [-0.3, -0.25) is 24.1 Å². The van der Waals surface area contributed by atoms with E-state index in [4.69, 9.17) is 0 Å². The van der Waals surface area contributed by atoms with Gasteiger partial charge in [0.15, 0.2) is 0 Å². The molecule has 2 aliphatic heterocycles. The molecule has 2 saturated heterocycles. The quantitative estimate of drug-likeness (QED) is 0.287. The maximum atomic E-state index is 12.9. The zero-order valence-corrected chi connectivity index (χ0v) is 20.2. The Morgan fingerprint density at radius 3 is 2.90 bits per heavy atom.